The Morgan fingerprint density at radius 1 is 1.00 bits per heavy atom. The van der Waals surface area contributed by atoms with E-state index in [1.165, 1.54) is 5.69 Å². The van der Waals surface area contributed by atoms with Crippen LogP contribution >= 0.6 is 0 Å². The molecule has 0 radical (unpaired) electrons. The molecule has 148 valence electrons. The van der Waals surface area contributed by atoms with Gasteiger partial charge in [-0.25, -0.2) is 0 Å². The van der Waals surface area contributed by atoms with Gasteiger partial charge >= 0.3 is 11.8 Å². The summed E-state index contributed by atoms with van der Waals surface area (Å²) in [5, 5.41) is 5.36. The highest BCUT2D eigenvalue weighted by atomic mass is 16.5. The number of amides is 2. The van der Waals surface area contributed by atoms with E-state index >= 15 is 0 Å². The lowest BCUT2D eigenvalue weighted by atomic mass is 10.1. The standard InChI is InChI=1S/C22H27N3O3/c1-16-4-3-5-20(17(16)2)24-22(27)21(26)23-11-10-18-6-8-19(9-7-18)25-12-14-28-15-13-25/h3-9H,10-15H2,1-2H3,(H,23,26)(H,24,27). The quantitative estimate of drug-likeness (QED) is 0.781. The zero-order chi connectivity index (χ0) is 19.9. The maximum absolute atomic E-state index is 12.1. The minimum absolute atomic E-state index is 0.413. The molecule has 6 heteroatoms. The highest BCUT2D eigenvalue weighted by molar-refractivity contribution is 6.39. The van der Waals surface area contributed by atoms with Crippen molar-refractivity contribution in [1.29, 1.82) is 0 Å². The lowest BCUT2D eigenvalue weighted by Gasteiger charge is -2.28. The Hall–Kier alpha value is -2.86. The molecule has 1 fully saturated rings. The van der Waals surface area contributed by atoms with Crippen LogP contribution in [0, 0.1) is 13.8 Å². The summed E-state index contributed by atoms with van der Waals surface area (Å²) in [4.78, 5) is 26.5. The van der Waals surface area contributed by atoms with E-state index in [1.54, 1.807) is 6.07 Å². The van der Waals surface area contributed by atoms with Crippen molar-refractivity contribution in [3.8, 4) is 0 Å². The van der Waals surface area contributed by atoms with Crippen molar-refractivity contribution in [1.82, 2.24) is 5.32 Å². The third-order valence-electron chi connectivity index (χ3n) is 5.07. The molecule has 2 N–H and O–H groups in total. The van der Waals surface area contributed by atoms with Crippen molar-refractivity contribution in [3.05, 3.63) is 59.2 Å². The number of rotatable bonds is 5. The van der Waals surface area contributed by atoms with E-state index in [0.717, 1.165) is 43.0 Å². The molecule has 0 bridgehead atoms. The molecular weight excluding hydrogens is 354 g/mol. The van der Waals surface area contributed by atoms with E-state index in [9.17, 15) is 9.59 Å². The van der Waals surface area contributed by atoms with E-state index in [2.05, 4.69) is 39.8 Å². The van der Waals surface area contributed by atoms with Crippen LogP contribution in [0.4, 0.5) is 11.4 Å². The fourth-order valence-corrected chi connectivity index (χ4v) is 3.16. The fraction of sp³-hybridized carbons (Fsp3) is 0.364. The van der Waals surface area contributed by atoms with Crippen molar-refractivity contribution in [3.63, 3.8) is 0 Å². The average Bonchev–Trinajstić information content (AvgIpc) is 2.72. The summed E-state index contributed by atoms with van der Waals surface area (Å²) in [5.74, 6) is -1.26. The van der Waals surface area contributed by atoms with Gasteiger partial charge in [0.25, 0.3) is 0 Å². The molecule has 2 amide bonds. The van der Waals surface area contributed by atoms with Crippen LogP contribution in [0.2, 0.25) is 0 Å². The zero-order valence-electron chi connectivity index (χ0n) is 16.5. The number of carbonyl (C=O) groups is 2. The summed E-state index contributed by atoms with van der Waals surface area (Å²) < 4.78 is 5.37. The highest BCUT2D eigenvalue weighted by Gasteiger charge is 2.15. The van der Waals surface area contributed by atoms with Crippen LogP contribution in [0.15, 0.2) is 42.5 Å². The van der Waals surface area contributed by atoms with Crippen LogP contribution in [0.25, 0.3) is 0 Å². The van der Waals surface area contributed by atoms with E-state index in [0.29, 0.717) is 18.7 Å². The van der Waals surface area contributed by atoms with Gasteiger partial charge in [-0.1, -0.05) is 24.3 Å². The maximum Gasteiger partial charge on any atom is 0.313 e. The molecule has 0 spiro atoms. The first-order valence-electron chi connectivity index (χ1n) is 9.61. The van der Waals surface area contributed by atoms with E-state index in [1.807, 2.05) is 26.0 Å². The van der Waals surface area contributed by atoms with Crippen LogP contribution in [-0.4, -0.2) is 44.7 Å². The Labute approximate surface area is 165 Å². The maximum atomic E-state index is 12.1. The molecule has 0 atom stereocenters. The second-order valence-electron chi connectivity index (χ2n) is 6.97. The molecule has 6 nitrogen and oxygen atoms in total. The molecular formula is C22H27N3O3. The molecule has 0 aromatic heterocycles. The average molecular weight is 381 g/mol. The van der Waals surface area contributed by atoms with Gasteiger partial charge < -0.3 is 20.3 Å². The normalized spacial score (nSPS) is 13.9. The third kappa shape index (κ3) is 5.10. The van der Waals surface area contributed by atoms with E-state index in [4.69, 9.17) is 4.74 Å². The Morgan fingerprint density at radius 3 is 2.43 bits per heavy atom. The van der Waals surface area contributed by atoms with Gasteiger partial charge in [-0.05, 0) is 55.2 Å². The summed E-state index contributed by atoms with van der Waals surface area (Å²) in [7, 11) is 0. The topological polar surface area (TPSA) is 70.7 Å². The van der Waals surface area contributed by atoms with Gasteiger partial charge in [0, 0.05) is 31.0 Å². The smallest absolute Gasteiger partial charge is 0.313 e. The second-order valence-corrected chi connectivity index (χ2v) is 6.97. The third-order valence-corrected chi connectivity index (χ3v) is 5.07. The van der Waals surface area contributed by atoms with Crippen molar-refractivity contribution in [2.45, 2.75) is 20.3 Å². The molecule has 1 heterocycles. The van der Waals surface area contributed by atoms with Gasteiger partial charge in [-0.2, -0.15) is 0 Å². The molecule has 2 aromatic carbocycles. The fourth-order valence-electron chi connectivity index (χ4n) is 3.16. The number of nitrogens with zero attached hydrogens (tertiary/aromatic N) is 1. The molecule has 28 heavy (non-hydrogen) atoms. The molecule has 0 aliphatic carbocycles. The van der Waals surface area contributed by atoms with Gasteiger partial charge in [0.05, 0.1) is 13.2 Å². The number of morpholine rings is 1. The molecule has 1 aliphatic rings. The lowest BCUT2D eigenvalue weighted by Crippen LogP contribution is -2.36. The molecule has 0 unspecified atom stereocenters. The predicted octanol–water partition coefficient (Wildman–Crippen LogP) is 2.44. The largest absolute Gasteiger partial charge is 0.378 e. The first-order valence-corrected chi connectivity index (χ1v) is 9.61. The Balaban J connectivity index is 1.45. The van der Waals surface area contributed by atoms with Crippen molar-refractivity contribution < 1.29 is 14.3 Å². The number of aryl methyl sites for hydroxylation is 1. The molecule has 1 saturated heterocycles. The van der Waals surface area contributed by atoms with Gasteiger partial charge in [0.15, 0.2) is 0 Å². The van der Waals surface area contributed by atoms with Crippen molar-refractivity contribution >= 4 is 23.2 Å². The summed E-state index contributed by atoms with van der Waals surface area (Å²) in [6, 6.07) is 13.9. The SMILES string of the molecule is Cc1cccc(NC(=O)C(=O)NCCc2ccc(N3CCOCC3)cc2)c1C. The van der Waals surface area contributed by atoms with Crippen molar-refractivity contribution in [2.24, 2.45) is 0 Å². The Bertz CT molecular complexity index is 827. The van der Waals surface area contributed by atoms with Crippen molar-refractivity contribution in [2.75, 3.05) is 43.1 Å². The van der Waals surface area contributed by atoms with Crippen LogP contribution in [0.1, 0.15) is 16.7 Å². The number of anilines is 2. The molecule has 0 saturated carbocycles. The van der Waals surface area contributed by atoms with E-state index < -0.39 is 11.8 Å². The zero-order valence-corrected chi connectivity index (χ0v) is 16.5. The van der Waals surface area contributed by atoms with Crippen LogP contribution in [0.3, 0.4) is 0 Å². The van der Waals surface area contributed by atoms with Crippen LogP contribution in [-0.2, 0) is 20.7 Å². The number of hydrogen-bond acceptors (Lipinski definition) is 4. The first kappa shape index (κ1) is 19.9. The Morgan fingerprint density at radius 2 is 1.71 bits per heavy atom. The highest BCUT2D eigenvalue weighted by Crippen LogP contribution is 2.18. The number of nitrogens with one attached hydrogen (secondary N) is 2. The summed E-state index contributed by atoms with van der Waals surface area (Å²) >= 11 is 0. The van der Waals surface area contributed by atoms with Gasteiger partial charge in [-0.15, -0.1) is 0 Å². The van der Waals surface area contributed by atoms with Crippen LogP contribution < -0.4 is 15.5 Å². The van der Waals surface area contributed by atoms with Gasteiger partial charge in [0.1, 0.15) is 0 Å². The number of ether oxygens (including phenoxy) is 1. The predicted molar refractivity (Wildman–Crippen MR) is 111 cm³/mol. The minimum Gasteiger partial charge on any atom is -0.378 e. The summed E-state index contributed by atoms with van der Waals surface area (Å²) in [6.07, 6.45) is 0.673. The Kier molecular flexibility index (Phi) is 6.66. The number of carbonyl (C=O) groups excluding carboxylic acids is 2. The first-order chi connectivity index (χ1) is 13.5. The van der Waals surface area contributed by atoms with Crippen LogP contribution in [0.5, 0.6) is 0 Å². The molecule has 1 aliphatic heterocycles. The summed E-state index contributed by atoms with van der Waals surface area (Å²) in [6.45, 7) is 7.64. The lowest BCUT2D eigenvalue weighted by molar-refractivity contribution is -0.136. The minimum atomic E-state index is -0.642. The van der Waals surface area contributed by atoms with E-state index in [-0.39, 0.29) is 0 Å². The molecule has 3 rings (SSSR count). The number of benzene rings is 2. The monoisotopic (exact) mass is 381 g/mol. The number of hydrogen-bond donors (Lipinski definition) is 2. The van der Waals surface area contributed by atoms with Gasteiger partial charge in [-0.3, -0.25) is 9.59 Å². The molecule has 2 aromatic rings. The summed E-state index contributed by atoms with van der Waals surface area (Å²) in [5.41, 5.74) is 5.00. The second kappa shape index (κ2) is 9.37. The van der Waals surface area contributed by atoms with Gasteiger partial charge in [0.2, 0.25) is 0 Å².